The summed E-state index contributed by atoms with van der Waals surface area (Å²) in [6, 6.07) is 14.9. The van der Waals surface area contributed by atoms with Gasteiger partial charge in [0.25, 0.3) is 0 Å². The zero-order valence-electron chi connectivity index (χ0n) is 39.6. The van der Waals surface area contributed by atoms with Crippen molar-refractivity contribution in [3.63, 3.8) is 0 Å². The Morgan fingerprint density at radius 2 is 1.09 bits per heavy atom. The fourth-order valence-corrected chi connectivity index (χ4v) is 5.12. The molecular formula is C56H84. The predicted octanol–water partition coefficient (Wildman–Crippen LogP) is 19.6. The highest BCUT2D eigenvalue weighted by molar-refractivity contribution is 6.03. The summed E-state index contributed by atoms with van der Waals surface area (Å²) >= 11 is 0. The lowest BCUT2D eigenvalue weighted by molar-refractivity contribution is 1.38. The van der Waals surface area contributed by atoms with E-state index in [-0.39, 0.29) is 0 Å². The lowest BCUT2D eigenvalue weighted by Crippen LogP contribution is -1.96. The van der Waals surface area contributed by atoms with E-state index in [1.165, 1.54) is 44.2 Å². The van der Waals surface area contributed by atoms with Crippen molar-refractivity contribution < 1.29 is 0 Å². The summed E-state index contributed by atoms with van der Waals surface area (Å²) in [5, 5.41) is 2.38. The van der Waals surface area contributed by atoms with E-state index in [0.717, 1.165) is 33.4 Å². The van der Waals surface area contributed by atoms with E-state index in [0.29, 0.717) is 0 Å². The molecule has 56 heavy (non-hydrogen) atoms. The quantitative estimate of drug-likeness (QED) is 0.171. The average Bonchev–Trinajstić information content (AvgIpc) is 3.26. The maximum Gasteiger partial charge on any atom is -0.00933 e. The minimum absolute atomic E-state index is 1.05. The van der Waals surface area contributed by atoms with Crippen molar-refractivity contribution in [2.45, 2.75) is 125 Å². The molecule has 3 rings (SSSR count). The van der Waals surface area contributed by atoms with Crippen LogP contribution in [-0.2, 0) is 0 Å². The normalized spacial score (nSPS) is 10.4. The van der Waals surface area contributed by atoms with Crippen LogP contribution in [0.15, 0.2) is 141 Å². The molecule has 0 aliphatic rings. The number of allylic oxidation sites excluding steroid dienone is 12. The van der Waals surface area contributed by atoms with Crippen molar-refractivity contribution in [2.24, 2.45) is 0 Å². The third kappa shape index (κ3) is 19.6. The molecule has 0 saturated heterocycles. The predicted molar refractivity (Wildman–Crippen MR) is 273 cm³/mol. The van der Waals surface area contributed by atoms with Crippen LogP contribution in [0.2, 0.25) is 0 Å². The zero-order valence-corrected chi connectivity index (χ0v) is 39.6. The lowest BCUT2D eigenvalue weighted by Gasteiger charge is -2.17. The Kier molecular flexibility index (Phi) is 42.8. The van der Waals surface area contributed by atoms with Crippen LogP contribution in [0.3, 0.4) is 0 Å². The van der Waals surface area contributed by atoms with Gasteiger partial charge in [0.1, 0.15) is 0 Å². The standard InChI is InChI=1S/C26H26.C18H22.6C2H6/c1-7-14-19(6)20(9-3)18-26-21(10-4)23(15-8-2)25-17-13-12-16-24(25)22(26)11-5;1-7-9-17(14(5)8-2)18-12-16(13(3)4)11-10-15(18)6;6*1-2/h7-18H,1,3-5H2,2,6H3;7-12H,2-3H2,1,4-6H3;6*1-2H3/b15-8-,19-14+,20-18+;9-7-,17-14+;;;;;;. The highest BCUT2D eigenvalue weighted by Gasteiger charge is 2.14. The Labute approximate surface area is 349 Å². The third-order valence-corrected chi connectivity index (χ3v) is 7.55. The van der Waals surface area contributed by atoms with Crippen molar-refractivity contribution in [2.75, 3.05) is 0 Å². The SMILES string of the molecule is C=C/C(C)=C(\C=C/C)c1cc(C(=C)C)ccc1C.C=C/C=C(C)/C(C=C)=C/c1c(C=C)c(/C=C\C)c2ccccc2c1C=C.CC.CC.CC.CC.CC.CC. The fourth-order valence-electron chi connectivity index (χ4n) is 5.12. The van der Waals surface area contributed by atoms with Crippen LogP contribution in [-0.4, -0.2) is 0 Å². The first kappa shape index (κ1) is 60.3. The minimum Gasteiger partial charge on any atom is -0.0991 e. The molecule has 3 aromatic carbocycles. The number of fused-ring (bicyclic) bond motifs is 1. The summed E-state index contributed by atoms with van der Waals surface area (Å²) in [6.45, 7) is 60.2. The molecule has 0 spiro atoms. The first-order chi connectivity index (χ1) is 27.1. The van der Waals surface area contributed by atoms with Crippen LogP contribution in [0.4, 0.5) is 0 Å². The monoisotopic (exact) mass is 757 g/mol. The molecule has 0 atom stereocenters. The van der Waals surface area contributed by atoms with Gasteiger partial charge in [0, 0.05) is 0 Å². The van der Waals surface area contributed by atoms with Gasteiger partial charge in [-0.1, -0.05) is 225 Å². The Bertz CT molecular complexity index is 1730. The fraction of sp³-hybridized carbons (Fsp3) is 0.321. The van der Waals surface area contributed by atoms with Crippen LogP contribution in [0.1, 0.15) is 157 Å². The second-order valence-corrected chi connectivity index (χ2v) is 10.6. The molecule has 0 aliphatic heterocycles. The van der Waals surface area contributed by atoms with E-state index in [4.69, 9.17) is 0 Å². The van der Waals surface area contributed by atoms with Crippen molar-refractivity contribution in [1.82, 2.24) is 0 Å². The summed E-state index contributed by atoms with van der Waals surface area (Å²) in [5.74, 6) is 0. The average molecular weight is 757 g/mol. The van der Waals surface area contributed by atoms with Gasteiger partial charge >= 0.3 is 0 Å². The van der Waals surface area contributed by atoms with Crippen molar-refractivity contribution >= 4 is 46.2 Å². The van der Waals surface area contributed by atoms with E-state index < -0.39 is 0 Å². The molecule has 0 heteroatoms. The minimum atomic E-state index is 1.05. The van der Waals surface area contributed by atoms with Gasteiger partial charge in [-0.05, 0) is 126 Å². The zero-order chi connectivity index (χ0) is 44.8. The first-order valence-electron chi connectivity index (χ1n) is 21.0. The number of hydrogen-bond donors (Lipinski definition) is 0. The van der Waals surface area contributed by atoms with E-state index in [1.807, 2.05) is 134 Å². The molecule has 0 bridgehead atoms. The van der Waals surface area contributed by atoms with Crippen LogP contribution in [0.25, 0.3) is 46.2 Å². The first-order valence-corrected chi connectivity index (χ1v) is 21.0. The van der Waals surface area contributed by atoms with Crippen molar-refractivity contribution in [3.05, 3.63) is 180 Å². The van der Waals surface area contributed by atoms with Gasteiger partial charge in [-0.25, -0.2) is 0 Å². The van der Waals surface area contributed by atoms with E-state index in [2.05, 4.69) is 133 Å². The van der Waals surface area contributed by atoms with Crippen molar-refractivity contribution in [3.8, 4) is 0 Å². The number of benzene rings is 3. The summed E-state index contributed by atoms with van der Waals surface area (Å²) in [5.41, 5.74) is 13.9. The van der Waals surface area contributed by atoms with Crippen LogP contribution < -0.4 is 0 Å². The second kappa shape index (κ2) is 39.7. The van der Waals surface area contributed by atoms with E-state index >= 15 is 0 Å². The molecule has 0 aliphatic carbocycles. The van der Waals surface area contributed by atoms with Gasteiger partial charge in [0.2, 0.25) is 0 Å². The molecule has 0 aromatic heterocycles. The smallest absolute Gasteiger partial charge is 0.00933 e. The van der Waals surface area contributed by atoms with Gasteiger partial charge in [0.05, 0.1) is 0 Å². The van der Waals surface area contributed by atoms with E-state index in [1.54, 1.807) is 6.08 Å². The Morgan fingerprint density at radius 3 is 1.48 bits per heavy atom. The molecular weight excluding hydrogens is 673 g/mol. The number of aryl methyl sites for hydroxylation is 1. The Balaban J connectivity index is -0.000000252. The van der Waals surface area contributed by atoms with E-state index in [9.17, 15) is 0 Å². The van der Waals surface area contributed by atoms with Crippen LogP contribution in [0.5, 0.6) is 0 Å². The molecule has 0 unspecified atom stereocenters. The molecule has 3 aromatic rings. The molecule has 0 fully saturated rings. The van der Waals surface area contributed by atoms with Gasteiger partial charge in [-0.3, -0.25) is 0 Å². The summed E-state index contributed by atoms with van der Waals surface area (Å²) in [7, 11) is 0. The molecule has 0 heterocycles. The maximum absolute atomic E-state index is 4.08. The van der Waals surface area contributed by atoms with Gasteiger partial charge < -0.3 is 0 Å². The van der Waals surface area contributed by atoms with Gasteiger partial charge in [-0.2, -0.15) is 0 Å². The lowest BCUT2D eigenvalue weighted by atomic mass is 9.87. The number of rotatable bonds is 11. The molecule has 0 nitrogen and oxygen atoms in total. The Morgan fingerprint density at radius 1 is 0.589 bits per heavy atom. The number of hydrogen-bond acceptors (Lipinski definition) is 0. The van der Waals surface area contributed by atoms with Gasteiger partial charge in [0.15, 0.2) is 0 Å². The largest absolute Gasteiger partial charge is 0.0991 e. The van der Waals surface area contributed by atoms with Crippen LogP contribution >= 0.6 is 0 Å². The van der Waals surface area contributed by atoms with Gasteiger partial charge in [-0.15, -0.1) is 0 Å². The summed E-state index contributed by atoms with van der Waals surface area (Å²) in [4.78, 5) is 0. The highest BCUT2D eigenvalue weighted by Crippen LogP contribution is 2.35. The summed E-state index contributed by atoms with van der Waals surface area (Å²) < 4.78 is 0. The van der Waals surface area contributed by atoms with Crippen LogP contribution in [0, 0.1) is 6.92 Å². The molecule has 0 saturated carbocycles. The molecule has 0 N–H and O–H groups in total. The third-order valence-electron chi connectivity index (χ3n) is 7.55. The Hall–Kier alpha value is -4.94. The second-order valence-electron chi connectivity index (χ2n) is 10.6. The molecule has 0 radical (unpaired) electrons. The topological polar surface area (TPSA) is 0 Å². The van der Waals surface area contributed by atoms with Crippen molar-refractivity contribution in [1.29, 1.82) is 0 Å². The summed E-state index contributed by atoms with van der Waals surface area (Å²) in [6.07, 6.45) is 22.0. The maximum atomic E-state index is 4.08. The highest BCUT2D eigenvalue weighted by atomic mass is 14.2. The molecule has 0 amide bonds. The molecule has 308 valence electrons.